The molecule has 1 aliphatic carbocycles. The van der Waals surface area contributed by atoms with E-state index in [4.69, 9.17) is 5.11 Å². The minimum atomic E-state index is -0.863. The molecule has 1 rings (SSSR count). The van der Waals surface area contributed by atoms with Crippen molar-refractivity contribution in [2.45, 2.75) is 44.8 Å². The summed E-state index contributed by atoms with van der Waals surface area (Å²) in [7, 11) is 0. The molecule has 2 atom stereocenters. The molecule has 0 radical (unpaired) electrons. The first-order valence-electron chi connectivity index (χ1n) is 5.29. The maximum atomic E-state index is 10.5. The van der Waals surface area contributed by atoms with Gasteiger partial charge in [-0.15, -0.1) is 0 Å². The zero-order valence-electron chi connectivity index (χ0n) is 9.29. The highest BCUT2D eigenvalue weighted by molar-refractivity contribution is 5.69. The number of hydrogen-bond acceptors (Lipinski definition) is 3. The summed E-state index contributed by atoms with van der Waals surface area (Å²) in [6.07, 6.45) is 3.71. The van der Waals surface area contributed by atoms with Gasteiger partial charge in [0.05, 0.1) is 12.6 Å². The van der Waals surface area contributed by atoms with Gasteiger partial charge in [-0.2, -0.15) is 0 Å². The van der Waals surface area contributed by atoms with Crippen molar-refractivity contribution in [3.8, 4) is 0 Å². The summed E-state index contributed by atoms with van der Waals surface area (Å²) < 4.78 is 0. The van der Waals surface area contributed by atoms with Crippen molar-refractivity contribution in [2.75, 3.05) is 6.54 Å². The van der Waals surface area contributed by atoms with Gasteiger partial charge in [0.2, 0.25) is 0 Å². The molecule has 4 heteroatoms. The third kappa shape index (κ3) is 3.64. The number of rotatable bonds is 4. The maximum absolute atomic E-state index is 10.5. The van der Waals surface area contributed by atoms with Crippen molar-refractivity contribution >= 4 is 5.97 Å². The Bertz CT molecular complexity index is 275. The number of carboxylic acid groups (broad SMARTS) is 1. The molecule has 86 valence electrons. The first-order chi connectivity index (χ1) is 6.95. The number of nitrogens with one attached hydrogen (secondary N) is 1. The summed E-state index contributed by atoms with van der Waals surface area (Å²) in [6, 6.07) is 0. The van der Waals surface area contributed by atoms with Gasteiger partial charge < -0.3 is 15.5 Å². The molecule has 0 fully saturated rings. The Hall–Kier alpha value is -0.870. The van der Waals surface area contributed by atoms with Crippen molar-refractivity contribution in [1.29, 1.82) is 0 Å². The fraction of sp³-hybridized carbons (Fsp3) is 0.727. The van der Waals surface area contributed by atoms with Crippen LogP contribution in [-0.2, 0) is 4.79 Å². The first kappa shape index (κ1) is 12.2. The van der Waals surface area contributed by atoms with E-state index in [0.717, 1.165) is 12.8 Å². The molecular formula is C11H19NO3. The molecule has 0 aliphatic heterocycles. The predicted octanol–water partition coefficient (Wildman–Crippen LogP) is 0.910. The lowest BCUT2D eigenvalue weighted by Gasteiger charge is -2.36. The Morgan fingerprint density at radius 2 is 2.40 bits per heavy atom. The largest absolute Gasteiger partial charge is 0.480 e. The van der Waals surface area contributed by atoms with E-state index in [-0.39, 0.29) is 12.1 Å². The number of hydrogen-bond donors (Lipinski definition) is 3. The summed E-state index contributed by atoms with van der Waals surface area (Å²) in [5, 5.41) is 21.2. The Morgan fingerprint density at radius 3 is 2.93 bits per heavy atom. The standard InChI is InChI=1S/C11H19NO3/c1-3-8-4-9(13)6-11(2,5-8)12-7-10(14)15/h4,9,12-13H,3,5-7H2,1-2H3,(H,14,15). The minimum absolute atomic E-state index is 0.0553. The summed E-state index contributed by atoms with van der Waals surface area (Å²) in [6.45, 7) is 3.95. The fourth-order valence-electron chi connectivity index (χ4n) is 2.09. The monoisotopic (exact) mass is 213 g/mol. The van der Waals surface area contributed by atoms with Crippen LogP contribution in [-0.4, -0.2) is 34.4 Å². The van der Waals surface area contributed by atoms with Crippen molar-refractivity contribution in [1.82, 2.24) is 5.32 Å². The molecule has 3 N–H and O–H groups in total. The van der Waals surface area contributed by atoms with Gasteiger partial charge in [-0.05, 0) is 26.2 Å². The third-order valence-electron chi connectivity index (χ3n) is 2.83. The van der Waals surface area contributed by atoms with Crippen LogP contribution < -0.4 is 5.32 Å². The molecule has 0 aromatic heterocycles. The summed E-state index contributed by atoms with van der Waals surface area (Å²) in [5.74, 6) is -0.863. The van der Waals surface area contributed by atoms with E-state index >= 15 is 0 Å². The van der Waals surface area contributed by atoms with E-state index in [1.807, 2.05) is 19.9 Å². The molecule has 0 aromatic rings. The maximum Gasteiger partial charge on any atom is 0.317 e. The molecule has 4 nitrogen and oxygen atoms in total. The molecule has 0 aromatic carbocycles. The quantitative estimate of drug-likeness (QED) is 0.607. The Morgan fingerprint density at radius 1 is 1.73 bits per heavy atom. The Labute approximate surface area is 90.0 Å². The second kappa shape index (κ2) is 4.77. The van der Waals surface area contributed by atoms with Gasteiger partial charge in [0.1, 0.15) is 0 Å². The molecule has 15 heavy (non-hydrogen) atoms. The van der Waals surface area contributed by atoms with Gasteiger partial charge >= 0.3 is 5.97 Å². The molecule has 1 aliphatic rings. The lowest BCUT2D eigenvalue weighted by molar-refractivity contribution is -0.136. The highest BCUT2D eigenvalue weighted by Gasteiger charge is 2.31. The molecule has 0 saturated heterocycles. The molecule has 2 unspecified atom stereocenters. The Balaban J connectivity index is 2.62. The summed E-state index contributed by atoms with van der Waals surface area (Å²) in [4.78, 5) is 10.5. The highest BCUT2D eigenvalue weighted by Crippen LogP contribution is 2.29. The molecular weight excluding hydrogens is 194 g/mol. The highest BCUT2D eigenvalue weighted by atomic mass is 16.4. The SMILES string of the molecule is CCC1=CC(O)CC(C)(NCC(=O)O)C1. The van der Waals surface area contributed by atoms with Crippen LogP contribution in [0.5, 0.6) is 0 Å². The lowest BCUT2D eigenvalue weighted by atomic mass is 9.81. The van der Waals surface area contributed by atoms with Crippen LogP contribution in [0.1, 0.15) is 33.1 Å². The van der Waals surface area contributed by atoms with Gasteiger partial charge in [-0.1, -0.05) is 18.6 Å². The van der Waals surface area contributed by atoms with E-state index in [9.17, 15) is 9.90 Å². The summed E-state index contributed by atoms with van der Waals surface area (Å²) in [5.41, 5.74) is 0.895. The van der Waals surface area contributed by atoms with E-state index in [0.29, 0.717) is 6.42 Å². The van der Waals surface area contributed by atoms with E-state index < -0.39 is 12.1 Å². The summed E-state index contributed by atoms with van der Waals surface area (Å²) >= 11 is 0. The molecule has 0 amide bonds. The van der Waals surface area contributed by atoms with Crippen LogP contribution in [0.4, 0.5) is 0 Å². The predicted molar refractivity (Wildman–Crippen MR) is 57.7 cm³/mol. The van der Waals surface area contributed by atoms with E-state index in [1.165, 1.54) is 5.57 Å². The lowest BCUT2D eigenvalue weighted by Crippen LogP contribution is -2.48. The number of aliphatic carboxylic acids is 1. The van der Waals surface area contributed by atoms with E-state index in [2.05, 4.69) is 5.32 Å². The fourth-order valence-corrected chi connectivity index (χ4v) is 2.09. The normalized spacial score (nSPS) is 31.1. The van der Waals surface area contributed by atoms with Crippen molar-refractivity contribution in [3.05, 3.63) is 11.6 Å². The van der Waals surface area contributed by atoms with Gasteiger partial charge in [0.25, 0.3) is 0 Å². The van der Waals surface area contributed by atoms with Crippen LogP contribution in [0, 0.1) is 0 Å². The van der Waals surface area contributed by atoms with Gasteiger partial charge in [-0.25, -0.2) is 0 Å². The smallest absolute Gasteiger partial charge is 0.317 e. The average molecular weight is 213 g/mol. The van der Waals surface area contributed by atoms with Gasteiger partial charge in [-0.3, -0.25) is 4.79 Å². The van der Waals surface area contributed by atoms with Crippen LogP contribution in [0.2, 0.25) is 0 Å². The molecule has 0 heterocycles. The number of aliphatic hydroxyl groups excluding tert-OH is 1. The zero-order valence-corrected chi connectivity index (χ0v) is 9.29. The first-order valence-corrected chi connectivity index (χ1v) is 5.29. The van der Waals surface area contributed by atoms with Crippen molar-refractivity contribution in [2.24, 2.45) is 0 Å². The van der Waals surface area contributed by atoms with Crippen LogP contribution in [0.15, 0.2) is 11.6 Å². The van der Waals surface area contributed by atoms with E-state index in [1.54, 1.807) is 0 Å². The van der Waals surface area contributed by atoms with Crippen molar-refractivity contribution < 1.29 is 15.0 Å². The van der Waals surface area contributed by atoms with Crippen LogP contribution in [0.25, 0.3) is 0 Å². The van der Waals surface area contributed by atoms with Gasteiger partial charge in [0.15, 0.2) is 0 Å². The second-order valence-corrected chi connectivity index (χ2v) is 4.43. The molecule has 0 saturated carbocycles. The topological polar surface area (TPSA) is 69.6 Å². The van der Waals surface area contributed by atoms with Crippen molar-refractivity contribution in [3.63, 3.8) is 0 Å². The zero-order chi connectivity index (χ0) is 11.5. The average Bonchev–Trinajstić information content (AvgIpc) is 2.13. The number of aliphatic hydroxyl groups is 1. The van der Waals surface area contributed by atoms with Gasteiger partial charge in [0, 0.05) is 5.54 Å². The molecule has 0 spiro atoms. The number of carboxylic acids is 1. The second-order valence-electron chi connectivity index (χ2n) is 4.43. The Kier molecular flexibility index (Phi) is 3.88. The van der Waals surface area contributed by atoms with Crippen LogP contribution >= 0.6 is 0 Å². The molecule has 0 bridgehead atoms. The third-order valence-corrected chi connectivity index (χ3v) is 2.83. The minimum Gasteiger partial charge on any atom is -0.480 e. The van der Waals surface area contributed by atoms with Crippen LogP contribution in [0.3, 0.4) is 0 Å². The number of carbonyl (C=O) groups is 1.